The van der Waals surface area contributed by atoms with Crippen LogP contribution in [0.3, 0.4) is 0 Å². The van der Waals surface area contributed by atoms with Crippen molar-refractivity contribution < 1.29 is 37.9 Å². The molecule has 4 atom stereocenters. The number of esters is 2. The summed E-state index contributed by atoms with van der Waals surface area (Å²) in [5.74, 6) is -0.858. The van der Waals surface area contributed by atoms with Gasteiger partial charge in [0.1, 0.15) is 26.0 Å². The van der Waals surface area contributed by atoms with E-state index in [1.54, 1.807) is 0 Å². The lowest BCUT2D eigenvalue weighted by Crippen LogP contribution is -2.68. The molecule has 0 saturated carbocycles. The van der Waals surface area contributed by atoms with Gasteiger partial charge >= 0.3 is 11.9 Å². The Balaban J connectivity index is 6.91. The van der Waals surface area contributed by atoms with Gasteiger partial charge in [-0.1, -0.05) is 116 Å². The van der Waals surface area contributed by atoms with Crippen LogP contribution in [0, 0.1) is 43.3 Å². The van der Waals surface area contributed by atoms with Gasteiger partial charge in [0.25, 0.3) is 0 Å². The fourth-order valence-electron chi connectivity index (χ4n) is 8.91. The third kappa shape index (κ3) is 12.0. The molecule has 0 saturated heterocycles. The van der Waals surface area contributed by atoms with E-state index in [0.29, 0.717) is 24.7 Å². The number of ether oxygens (including phenoxy) is 3. The molecule has 1 amide bonds. The van der Waals surface area contributed by atoms with Crippen LogP contribution >= 0.6 is 12.6 Å². The van der Waals surface area contributed by atoms with Gasteiger partial charge in [0, 0.05) is 17.1 Å². The number of carbonyl (C=O) groups is 4. The number of unbranched alkanes of at least 4 members (excludes halogenated alkanes) is 1. The smallest absolute Gasteiger partial charge is 0.312 e. The SMILES string of the molecule is CCCC(S)CCCCC(=O)NCCOC(=O)C(C)(C(C)(C)C(C)(C)C(C)(C=O)CCC)C(C)(C)C(C)(C)C(C)(C(=O)OCCOCC[N+](C)(C)C)C(C)(C)C. The molecule has 0 aromatic rings. The van der Waals surface area contributed by atoms with Crippen molar-refractivity contribution in [3.63, 3.8) is 0 Å². The molecule has 0 radical (unpaired) electrons. The molecule has 0 rings (SSSR count). The number of carbonyl (C=O) groups excluding carboxylic acids is 4. The van der Waals surface area contributed by atoms with Crippen molar-refractivity contribution in [3.8, 4) is 0 Å². The average Bonchev–Trinajstić information content (AvgIpc) is 3.07. The Morgan fingerprint density at radius 3 is 1.64 bits per heavy atom. The third-order valence-corrected chi connectivity index (χ3v) is 16.0. The number of hydrogen-bond donors (Lipinski definition) is 2. The summed E-state index contributed by atoms with van der Waals surface area (Å²) in [6, 6.07) is 0. The van der Waals surface area contributed by atoms with E-state index in [-0.39, 0.29) is 38.2 Å². The molecule has 0 aromatic carbocycles. The van der Waals surface area contributed by atoms with Crippen LogP contribution in [-0.2, 0) is 33.4 Å². The van der Waals surface area contributed by atoms with Crippen LogP contribution in [-0.4, -0.2) is 94.5 Å². The van der Waals surface area contributed by atoms with Gasteiger partial charge in [-0.25, -0.2) is 0 Å². The first-order chi connectivity index (χ1) is 25.3. The van der Waals surface area contributed by atoms with Crippen molar-refractivity contribution >= 4 is 36.8 Å². The summed E-state index contributed by atoms with van der Waals surface area (Å²) in [6.07, 6.45) is 7.77. The lowest BCUT2D eigenvalue weighted by Gasteiger charge is -2.68. The molecule has 0 aliphatic carbocycles. The lowest BCUT2D eigenvalue weighted by atomic mass is 9.34. The van der Waals surface area contributed by atoms with Crippen molar-refractivity contribution in [2.45, 2.75) is 167 Å². The quantitative estimate of drug-likeness (QED) is 0.0280. The van der Waals surface area contributed by atoms with Crippen molar-refractivity contribution in [1.82, 2.24) is 5.32 Å². The normalized spacial score (nSPS) is 17.2. The maximum absolute atomic E-state index is 15.1. The molecule has 0 aliphatic rings. The fourth-order valence-corrected chi connectivity index (χ4v) is 9.35. The standard InChI is InChI=1S/C46H88N2O7S/c1-20-24-35(56)25-22-23-26-36(50)47-28-30-54-38(52)46(16,41(8,9)40(6,7)44(14,34-49)27-21-2)43(12,13)42(10,11)45(15,39(3,4)5)37(51)55-33-32-53-31-29-48(17,18)19/h34-35H,20-33H2,1-19H3,(H-,47,50,56)/p+1. The Hall–Kier alpha value is -1.65. The van der Waals surface area contributed by atoms with Gasteiger partial charge in [-0.3, -0.25) is 14.4 Å². The molecule has 0 bridgehead atoms. The van der Waals surface area contributed by atoms with Crippen LogP contribution in [0.15, 0.2) is 0 Å². The van der Waals surface area contributed by atoms with E-state index in [4.69, 9.17) is 14.2 Å². The topological polar surface area (TPSA) is 108 Å². The highest BCUT2D eigenvalue weighted by Crippen LogP contribution is 2.72. The average molecular weight is 814 g/mol. The Labute approximate surface area is 350 Å². The van der Waals surface area contributed by atoms with Crippen LogP contribution in [0.5, 0.6) is 0 Å². The highest BCUT2D eigenvalue weighted by molar-refractivity contribution is 7.80. The molecular formula is C46H89N2O7S+. The third-order valence-electron chi connectivity index (χ3n) is 15.5. The first-order valence-electron chi connectivity index (χ1n) is 21.4. The molecule has 0 heterocycles. The maximum Gasteiger partial charge on any atom is 0.312 e. The summed E-state index contributed by atoms with van der Waals surface area (Å²) < 4.78 is 18.9. The number of nitrogens with one attached hydrogen (secondary N) is 1. The van der Waals surface area contributed by atoms with E-state index in [9.17, 15) is 14.4 Å². The highest BCUT2D eigenvalue weighted by Gasteiger charge is 2.73. The van der Waals surface area contributed by atoms with Crippen molar-refractivity contribution in [2.75, 3.05) is 60.7 Å². The number of likely N-dealkylation sites (N-methyl/N-ethyl adjacent to an activating group) is 1. The molecule has 10 heteroatoms. The molecule has 9 nitrogen and oxygen atoms in total. The van der Waals surface area contributed by atoms with Gasteiger partial charge in [-0.05, 0) is 66.6 Å². The zero-order chi connectivity index (χ0) is 44.2. The minimum absolute atomic E-state index is 0.00498. The lowest BCUT2D eigenvalue weighted by molar-refractivity contribution is -0.870. The zero-order valence-corrected chi connectivity index (χ0v) is 40.7. The predicted octanol–water partition coefficient (Wildman–Crippen LogP) is 9.74. The van der Waals surface area contributed by atoms with E-state index >= 15 is 4.79 Å². The van der Waals surface area contributed by atoms with Gasteiger partial charge in [-0.15, -0.1) is 0 Å². The van der Waals surface area contributed by atoms with Crippen molar-refractivity contribution in [3.05, 3.63) is 0 Å². The molecule has 330 valence electrons. The Bertz CT molecular complexity index is 1260. The predicted molar refractivity (Wildman–Crippen MR) is 235 cm³/mol. The molecule has 56 heavy (non-hydrogen) atoms. The van der Waals surface area contributed by atoms with E-state index in [1.807, 2.05) is 41.5 Å². The van der Waals surface area contributed by atoms with Crippen LogP contribution < -0.4 is 5.32 Å². The van der Waals surface area contributed by atoms with Gasteiger partial charge in [-0.2, -0.15) is 12.6 Å². The molecule has 4 unspecified atom stereocenters. The first kappa shape index (κ1) is 54.3. The fraction of sp³-hybridized carbons (Fsp3) is 0.913. The number of hydrogen-bond acceptors (Lipinski definition) is 8. The van der Waals surface area contributed by atoms with E-state index < -0.39 is 49.3 Å². The van der Waals surface area contributed by atoms with Gasteiger partial charge < -0.3 is 28.8 Å². The summed E-state index contributed by atoms with van der Waals surface area (Å²) >= 11 is 4.63. The van der Waals surface area contributed by atoms with Gasteiger partial charge in [0.2, 0.25) is 5.91 Å². The second-order valence-electron chi connectivity index (χ2n) is 21.2. The minimum Gasteiger partial charge on any atom is -0.463 e. The summed E-state index contributed by atoms with van der Waals surface area (Å²) in [7, 11) is 6.31. The molecular weight excluding hydrogens is 725 g/mol. The van der Waals surface area contributed by atoms with E-state index in [0.717, 1.165) is 55.8 Å². The second-order valence-corrected chi connectivity index (χ2v) is 22.0. The van der Waals surface area contributed by atoms with Crippen LogP contribution in [0.1, 0.15) is 162 Å². The van der Waals surface area contributed by atoms with Crippen LogP contribution in [0.25, 0.3) is 0 Å². The van der Waals surface area contributed by atoms with Gasteiger partial charge in [0.05, 0.1) is 51.7 Å². The summed E-state index contributed by atoms with van der Waals surface area (Å²) in [6.45, 7) is 34.8. The number of nitrogens with zero attached hydrogens (tertiary/aromatic N) is 1. The highest BCUT2D eigenvalue weighted by atomic mass is 32.1. The monoisotopic (exact) mass is 814 g/mol. The Kier molecular flexibility index (Phi) is 20.4. The first-order valence-corrected chi connectivity index (χ1v) is 21.9. The molecule has 0 fully saturated rings. The summed E-state index contributed by atoms with van der Waals surface area (Å²) in [4.78, 5) is 55.5. The molecule has 0 spiro atoms. The largest absolute Gasteiger partial charge is 0.463 e. The van der Waals surface area contributed by atoms with Crippen molar-refractivity contribution in [2.24, 2.45) is 43.3 Å². The van der Waals surface area contributed by atoms with E-state index in [2.05, 4.69) is 108 Å². The Morgan fingerprint density at radius 2 is 1.16 bits per heavy atom. The molecule has 1 N–H and O–H groups in total. The second kappa shape index (κ2) is 21.0. The summed E-state index contributed by atoms with van der Waals surface area (Å²) in [5, 5.41) is 3.30. The van der Waals surface area contributed by atoms with E-state index in [1.165, 1.54) is 0 Å². The van der Waals surface area contributed by atoms with Crippen LogP contribution in [0.4, 0.5) is 0 Å². The number of quaternary nitrogens is 1. The number of aldehydes is 1. The zero-order valence-electron chi connectivity index (χ0n) is 39.8. The molecule has 0 aliphatic heterocycles. The van der Waals surface area contributed by atoms with Crippen LogP contribution in [0.2, 0.25) is 0 Å². The summed E-state index contributed by atoms with van der Waals surface area (Å²) in [5.41, 5.74) is -7.23. The van der Waals surface area contributed by atoms with Crippen molar-refractivity contribution in [1.29, 1.82) is 0 Å². The Morgan fingerprint density at radius 1 is 0.661 bits per heavy atom. The minimum atomic E-state index is -1.28. The maximum atomic E-state index is 15.1. The number of thiol groups is 1. The number of rotatable bonds is 27. The number of amides is 1. The molecule has 0 aromatic heterocycles. The van der Waals surface area contributed by atoms with Gasteiger partial charge in [0.15, 0.2) is 0 Å².